The van der Waals surface area contributed by atoms with Crippen molar-refractivity contribution in [1.29, 1.82) is 0 Å². The first-order valence-corrected chi connectivity index (χ1v) is 20.4. The van der Waals surface area contributed by atoms with Crippen molar-refractivity contribution < 1.29 is 44.1 Å². The third-order valence-electron chi connectivity index (χ3n) is 10.6. The number of fused-ring (bicyclic) bond motifs is 19. The number of rotatable bonds is 9. The van der Waals surface area contributed by atoms with E-state index in [9.17, 15) is 44.1 Å². The summed E-state index contributed by atoms with van der Waals surface area (Å²) in [4.78, 5) is 81.7. The highest BCUT2D eigenvalue weighted by Crippen LogP contribution is 2.21. The van der Waals surface area contributed by atoms with Crippen molar-refractivity contribution in [2.75, 3.05) is 5.32 Å². The predicted octanol–water partition coefficient (Wildman–Crippen LogP) is 3.10. The summed E-state index contributed by atoms with van der Waals surface area (Å²) in [5, 5.41) is 44.8. The van der Waals surface area contributed by atoms with Gasteiger partial charge in [0.15, 0.2) is 12.2 Å². The molecule has 0 aliphatic carbocycles. The molecular weight excluding hydrogens is 791 g/mol. The summed E-state index contributed by atoms with van der Waals surface area (Å²) >= 11 is 0. The fraction of sp³-hybridized carbons (Fsp3) is 0.250. The molecule has 0 radical (unpaired) electrons. The smallest absolute Gasteiger partial charge is 0.326 e. The van der Waals surface area contributed by atoms with Crippen LogP contribution in [0.5, 0.6) is 0 Å². The zero-order chi connectivity index (χ0) is 44.0. The van der Waals surface area contributed by atoms with Crippen LogP contribution in [0.2, 0.25) is 0 Å². The van der Waals surface area contributed by atoms with Gasteiger partial charge in [0.2, 0.25) is 17.7 Å². The van der Waals surface area contributed by atoms with E-state index in [4.69, 9.17) is 0 Å². The van der Waals surface area contributed by atoms with Crippen molar-refractivity contribution in [3.63, 3.8) is 0 Å². The van der Waals surface area contributed by atoms with Crippen LogP contribution in [0, 0.1) is 0 Å². The largest absolute Gasteiger partial charge is 0.480 e. The fourth-order valence-electron chi connectivity index (χ4n) is 7.09. The Bertz CT molecular complexity index is 2310. The van der Waals surface area contributed by atoms with Gasteiger partial charge in [-0.1, -0.05) is 127 Å². The van der Waals surface area contributed by atoms with Gasteiger partial charge in [0.25, 0.3) is 11.8 Å². The third-order valence-corrected chi connectivity index (χ3v) is 10.6. The summed E-state index contributed by atoms with van der Waals surface area (Å²) in [5.74, 6) is -5.94. The number of aliphatic carboxylic acids is 1. The second-order valence-corrected chi connectivity index (χ2v) is 15.2. The van der Waals surface area contributed by atoms with Gasteiger partial charge in [0, 0.05) is 18.5 Å². The lowest BCUT2D eigenvalue weighted by Crippen LogP contribution is -2.59. The molecule has 5 aromatic rings. The van der Waals surface area contributed by atoms with Crippen LogP contribution in [0.4, 0.5) is 5.69 Å². The second-order valence-electron chi connectivity index (χ2n) is 15.2. The maximum absolute atomic E-state index is 14.5. The van der Waals surface area contributed by atoms with E-state index in [0.29, 0.717) is 23.1 Å². The summed E-state index contributed by atoms with van der Waals surface area (Å²) in [6.45, 7) is 0. The van der Waals surface area contributed by atoms with Gasteiger partial charge in [0.05, 0.1) is 0 Å². The lowest BCUT2D eigenvalue weighted by atomic mass is 9.98. The summed E-state index contributed by atoms with van der Waals surface area (Å²) in [7, 11) is 0. The molecule has 0 saturated carbocycles. The average Bonchev–Trinajstić information content (AvgIpc) is 3.29. The molecule has 0 aromatic heterocycles. The maximum atomic E-state index is 14.5. The van der Waals surface area contributed by atoms with Gasteiger partial charge >= 0.3 is 5.97 Å². The SMILES string of the molecule is O=C(O)[C@@H]1CCc2ccc(cc2)NC(=O)[C@H](O)[C@@H](O)C(=O)N[C@H](Cc2ccccc2)C(=O)N[C@@H](Cc2ccc(-c3ccccc3)cc2)C(=O)N[C@H](CCc2ccccc2)C(=O)N1. The number of amides is 5. The zero-order valence-electron chi connectivity index (χ0n) is 33.8. The van der Waals surface area contributed by atoms with Crippen molar-refractivity contribution in [1.82, 2.24) is 21.3 Å². The van der Waals surface area contributed by atoms with Crippen molar-refractivity contribution in [2.45, 2.75) is 74.9 Å². The molecular formula is C48H49N5O9. The summed E-state index contributed by atoms with van der Waals surface area (Å²) in [6, 6.07) is 35.8. The van der Waals surface area contributed by atoms with E-state index < -0.39 is 71.9 Å². The number of carbonyl (C=O) groups is 6. The van der Waals surface area contributed by atoms with Gasteiger partial charge in [-0.15, -0.1) is 0 Å². The Kier molecular flexibility index (Phi) is 15.3. The quantitative estimate of drug-likeness (QED) is 0.102. The number of aliphatic hydroxyl groups is 2. The van der Waals surface area contributed by atoms with Crippen molar-refractivity contribution in [3.05, 3.63) is 162 Å². The van der Waals surface area contributed by atoms with Gasteiger partial charge in [0.1, 0.15) is 24.2 Å². The predicted molar refractivity (Wildman–Crippen MR) is 231 cm³/mol. The van der Waals surface area contributed by atoms with Crippen LogP contribution >= 0.6 is 0 Å². The Hall–Kier alpha value is -7.16. The highest BCUT2D eigenvalue weighted by Gasteiger charge is 2.35. The van der Waals surface area contributed by atoms with E-state index >= 15 is 0 Å². The summed E-state index contributed by atoms with van der Waals surface area (Å²) in [5.41, 5.74) is 4.88. The minimum atomic E-state index is -2.29. The summed E-state index contributed by atoms with van der Waals surface area (Å²) in [6.07, 6.45) is -4.10. The van der Waals surface area contributed by atoms with E-state index in [1.807, 2.05) is 72.8 Å². The topological polar surface area (TPSA) is 223 Å². The lowest BCUT2D eigenvalue weighted by molar-refractivity contribution is -0.145. The van der Waals surface area contributed by atoms with Gasteiger partial charge in [-0.2, -0.15) is 0 Å². The van der Waals surface area contributed by atoms with Crippen LogP contribution in [0.1, 0.15) is 35.1 Å². The molecule has 320 valence electrons. The molecule has 2 bridgehead atoms. The van der Waals surface area contributed by atoms with Crippen LogP contribution < -0.4 is 26.6 Å². The normalized spacial score (nSPS) is 21.8. The Morgan fingerprint density at radius 3 is 1.55 bits per heavy atom. The van der Waals surface area contributed by atoms with Crippen LogP contribution in [-0.2, 0) is 54.5 Å². The van der Waals surface area contributed by atoms with Crippen LogP contribution in [-0.4, -0.2) is 87.2 Å². The number of carboxylic acids is 1. The molecule has 7 rings (SSSR count). The standard InChI is InChI=1S/C48H49N5O9/c54-41-42(55)47(60)53-40(28-32-12-6-2-7-13-32)45(58)52-39(29-33-16-22-35(23-17-33)34-14-8-3-9-15-34)44(57)50-37(26-20-30-10-4-1-5-11-30)43(56)51-38(48(61)62)27-21-31-18-24-36(25-19-31)49-46(41)59/h1-19,22-25,37-42,54-55H,20-21,26-29H2,(H,49,59)(H,50,57)(H,51,56)(H,52,58)(H,53,60)(H,61,62)/t37-,38+,39+,40-,41-,42-/m1/s1. The zero-order valence-corrected chi connectivity index (χ0v) is 33.8. The van der Waals surface area contributed by atoms with E-state index in [0.717, 1.165) is 16.7 Å². The highest BCUT2D eigenvalue weighted by atomic mass is 16.4. The number of hydrogen-bond donors (Lipinski definition) is 8. The minimum absolute atomic E-state index is 0.0212. The number of carbonyl (C=O) groups excluding carboxylic acids is 5. The van der Waals surface area contributed by atoms with Crippen LogP contribution in [0.15, 0.2) is 140 Å². The van der Waals surface area contributed by atoms with Crippen molar-refractivity contribution in [3.8, 4) is 11.1 Å². The van der Waals surface area contributed by atoms with Gasteiger partial charge < -0.3 is 41.9 Å². The average molecular weight is 840 g/mol. The molecule has 0 saturated heterocycles. The fourth-order valence-corrected chi connectivity index (χ4v) is 7.09. The molecule has 5 aromatic carbocycles. The Morgan fingerprint density at radius 1 is 0.500 bits per heavy atom. The Labute approximate surface area is 358 Å². The number of hydrogen-bond acceptors (Lipinski definition) is 8. The monoisotopic (exact) mass is 839 g/mol. The first kappa shape index (κ1) is 44.4. The van der Waals surface area contributed by atoms with E-state index in [2.05, 4.69) is 26.6 Å². The lowest BCUT2D eigenvalue weighted by Gasteiger charge is -2.27. The molecule has 0 fully saturated rings. The van der Waals surface area contributed by atoms with E-state index in [1.165, 1.54) is 12.1 Å². The first-order chi connectivity index (χ1) is 29.9. The molecule has 5 amide bonds. The molecule has 2 aliphatic rings. The van der Waals surface area contributed by atoms with Gasteiger partial charge in [-0.3, -0.25) is 24.0 Å². The number of carboxylic acid groups (broad SMARTS) is 1. The molecule has 2 aliphatic heterocycles. The molecule has 8 N–H and O–H groups in total. The highest BCUT2D eigenvalue weighted by molar-refractivity contribution is 6.00. The third kappa shape index (κ3) is 12.4. The van der Waals surface area contributed by atoms with Gasteiger partial charge in [-0.25, -0.2) is 4.79 Å². The van der Waals surface area contributed by atoms with Crippen LogP contribution in [0.25, 0.3) is 11.1 Å². The second kappa shape index (κ2) is 21.4. The Balaban J connectivity index is 1.36. The molecule has 14 nitrogen and oxygen atoms in total. The molecule has 0 spiro atoms. The Morgan fingerprint density at radius 2 is 0.968 bits per heavy atom. The molecule has 6 atom stereocenters. The van der Waals surface area contributed by atoms with Gasteiger partial charge in [-0.05, 0) is 71.2 Å². The maximum Gasteiger partial charge on any atom is 0.326 e. The number of aliphatic hydroxyl groups excluding tert-OH is 2. The molecule has 14 heteroatoms. The molecule has 62 heavy (non-hydrogen) atoms. The number of aryl methyl sites for hydroxylation is 2. The first-order valence-electron chi connectivity index (χ1n) is 20.4. The number of nitrogens with one attached hydrogen (secondary N) is 5. The van der Waals surface area contributed by atoms with Crippen LogP contribution in [0.3, 0.4) is 0 Å². The molecule has 0 unspecified atom stereocenters. The van der Waals surface area contributed by atoms with Crippen molar-refractivity contribution in [2.24, 2.45) is 0 Å². The number of benzene rings is 5. The van der Waals surface area contributed by atoms with E-state index in [1.54, 1.807) is 54.6 Å². The number of anilines is 1. The van der Waals surface area contributed by atoms with Crippen molar-refractivity contribution >= 4 is 41.2 Å². The molecule has 2 heterocycles. The minimum Gasteiger partial charge on any atom is -0.480 e. The van der Waals surface area contributed by atoms with E-state index in [-0.39, 0.29) is 37.8 Å². The summed E-state index contributed by atoms with van der Waals surface area (Å²) < 4.78 is 0.